The first kappa shape index (κ1) is 13.4. The summed E-state index contributed by atoms with van der Waals surface area (Å²) in [6, 6.07) is 0. The third-order valence-electron chi connectivity index (χ3n) is 4.56. The van der Waals surface area contributed by atoms with Crippen molar-refractivity contribution in [3.63, 3.8) is 0 Å². The van der Waals surface area contributed by atoms with Crippen molar-refractivity contribution in [3.8, 4) is 0 Å². The second kappa shape index (κ2) is 7.38. The molecule has 0 radical (unpaired) electrons. The summed E-state index contributed by atoms with van der Waals surface area (Å²) in [6.07, 6.45) is 15.7. The largest absolute Gasteiger partial charge is 0.375 e. The van der Waals surface area contributed by atoms with Crippen molar-refractivity contribution in [1.29, 1.82) is 0 Å². The average molecular weight is 239 g/mol. The topological polar surface area (TPSA) is 35.2 Å². The van der Waals surface area contributed by atoms with E-state index in [0.717, 1.165) is 6.54 Å². The molecule has 0 aromatic heterocycles. The summed E-state index contributed by atoms with van der Waals surface area (Å²) in [5, 5.41) is 0. The van der Waals surface area contributed by atoms with Crippen LogP contribution in [0.1, 0.15) is 70.6 Å². The molecule has 2 N–H and O–H groups in total. The van der Waals surface area contributed by atoms with E-state index in [1.165, 1.54) is 70.6 Å². The van der Waals surface area contributed by atoms with Crippen LogP contribution in [0.15, 0.2) is 0 Å². The van der Waals surface area contributed by atoms with Crippen LogP contribution in [0.3, 0.4) is 0 Å². The summed E-state index contributed by atoms with van der Waals surface area (Å²) < 4.78 is 6.42. The molecule has 2 fully saturated rings. The molecule has 2 rings (SSSR count). The zero-order valence-electron chi connectivity index (χ0n) is 11.2. The Bertz CT molecular complexity index is 199. The fourth-order valence-electron chi connectivity index (χ4n) is 3.42. The minimum atomic E-state index is 0.464. The van der Waals surface area contributed by atoms with Crippen LogP contribution in [-0.2, 0) is 4.74 Å². The maximum atomic E-state index is 6.42. The summed E-state index contributed by atoms with van der Waals surface area (Å²) in [5.74, 6) is 0.626. The molecule has 0 spiro atoms. The predicted octanol–water partition coefficient (Wildman–Crippen LogP) is 3.63. The zero-order chi connectivity index (χ0) is 11.9. The van der Waals surface area contributed by atoms with Crippen LogP contribution in [0.4, 0.5) is 0 Å². The highest BCUT2D eigenvalue weighted by atomic mass is 16.5. The van der Waals surface area contributed by atoms with Gasteiger partial charge in [0.2, 0.25) is 0 Å². The lowest BCUT2D eigenvalue weighted by Gasteiger charge is -2.28. The van der Waals surface area contributed by atoms with E-state index in [9.17, 15) is 0 Å². The summed E-state index contributed by atoms with van der Waals surface area (Å²) in [4.78, 5) is 0. The van der Waals surface area contributed by atoms with Crippen LogP contribution < -0.4 is 5.73 Å². The molecule has 2 heteroatoms. The van der Waals surface area contributed by atoms with Gasteiger partial charge in [-0.2, -0.15) is 0 Å². The molecule has 0 amide bonds. The molecular formula is C15H29NO. The SMILES string of the molecule is NCC1CCCCCC1OC1CCCCCC1. The van der Waals surface area contributed by atoms with Crippen LogP contribution in [-0.4, -0.2) is 18.8 Å². The van der Waals surface area contributed by atoms with Crippen LogP contribution in [0.5, 0.6) is 0 Å². The van der Waals surface area contributed by atoms with Gasteiger partial charge in [0.25, 0.3) is 0 Å². The van der Waals surface area contributed by atoms with Crippen molar-refractivity contribution < 1.29 is 4.74 Å². The van der Waals surface area contributed by atoms with Gasteiger partial charge < -0.3 is 10.5 Å². The van der Waals surface area contributed by atoms with E-state index < -0.39 is 0 Å². The Balaban J connectivity index is 1.84. The molecule has 2 aliphatic carbocycles. The highest BCUT2D eigenvalue weighted by molar-refractivity contribution is 4.77. The van der Waals surface area contributed by atoms with Gasteiger partial charge in [-0.1, -0.05) is 44.9 Å². The normalized spacial score (nSPS) is 33.0. The quantitative estimate of drug-likeness (QED) is 0.763. The molecule has 17 heavy (non-hydrogen) atoms. The predicted molar refractivity (Wildman–Crippen MR) is 72.0 cm³/mol. The average Bonchev–Trinajstić information content (AvgIpc) is 2.72. The Hall–Kier alpha value is -0.0800. The smallest absolute Gasteiger partial charge is 0.0619 e. The standard InChI is InChI=1S/C15H29NO/c16-12-13-8-4-3-7-11-15(13)17-14-9-5-1-2-6-10-14/h13-15H,1-12,16H2. The van der Waals surface area contributed by atoms with Gasteiger partial charge in [-0.25, -0.2) is 0 Å². The number of hydrogen-bond acceptors (Lipinski definition) is 2. The first-order chi connectivity index (χ1) is 8.40. The molecule has 2 aliphatic rings. The van der Waals surface area contributed by atoms with Gasteiger partial charge in [-0.05, 0) is 38.1 Å². The molecule has 0 heterocycles. The van der Waals surface area contributed by atoms with E-state index >= 15 is 0 Å². The maximum absolute atomic E-state index is 6.42. The van der Waals surface area contributed by atoms with E-state index in [-0.39, 0.29) is 0 Å². The van der Waals surface area contributed by atoms with Gasteiger partial charge in [-0.3, -0.25) is 0 Å². The number of nitrogens with two attached hydrogens (primary N) is 1. The molecule has 2 nitrogen and oxygen atoms in total. The maximum Gasteiger partial charge on any atom is 0.0619 e. The molecule has 0 bridgehead atoms. The summed E-state index contributed by atoms with van der Waals surface area (Å²) in [7, 11) is 0. The Morgan fingerprint density at radius 1 is 0.765 bits per heavy atom. The van der Waals surface area contributed by atoms with E-state index in [1.807, 2.05) is 0 Å². The molecule has 0 aliphatic heterocycles. The first-order valence-electron chi connectivity index (χ1n) is 7.75. The van der Waals surface area contributed by atoms with E-state index in [1.54, 1.807) is 0 Å². The Kier molecular flexibility index (Phi) is 5.79. The van der Waals surface area contributed by atoms with Gasteiger partial charge in [-0.15, -0.1) is 0 Å². The number of hydrogen-bond donors (Lipinski definition) is 1. The van der Waals surface area contributed by atoms with Crippen LogP contribution in [0.2, 0.25) is 0 Å². The van der Waals surface area contributed by atoms with Crippen LogP contribution >= 0.6 is 0 Å². The monoisotopic (exact) mass is 239 g/mol. The third kappa shape index (κ3) is 4.26. The fraction of sp³-hybridized carbons (Fsp3) is 1.00. The summed E-state index contributed by atoms with van der Waals surface area (Å²) in [6.45, 7) is 0.817. The highest BCUT2D eigenvalue weighted by Crippen LogP contribution is 2.29. The van der Waals surface area contributed by atoms with E-state index in [4.69, 9.17) is 10.5 Å². The molecule has 2 saturated carbocycles. The Morgan fingerprint density at radius 3 is 2.06 bits per heavy atom. The molecule has 2 unspecified atom stereocenters. The van der Waals surface area contributed by atoms with Crippen molar-refractivity contribution in [3.05, 3.63) is 0 Å². The van der Waals surface area contributed by atoms with Crippen molar-refractivity contribution >= 4 is 0 Å². The first-order valence-corrected chi connectivity index (χ1v) is 7.75. The molecule has 0 aromatic carbocycles. The lowest BCUT2D eigenvalue weighted by Crippen LogP contribution is -2.32. The van der Waals surface area contributed by atoms with E-state index in [0.29, 0.717) is 18.1 Å². The lowest BCUT2D eigenvalue weighted by atomic mass is 9.97. The minimum Gasteiger partial charge on any atom is -0.375 e. The molecular weight excluding hydrogens is 210 g/mol. The third-order valence-corrected chi connectivity index (χ3v) is 4.56. The minimum absolute atomic E-state index is 0.464. The second-order valence-electron chi connectivity index (χ2n) is 5.92. The number of ether oxygens (including phenoxy) is 1. The van der Waals surface area contributed by atoms with Gasteiger partial charge in [0.1, 0.15) is 0 Å². The Morgan fingerprint density at radius 2 is 1.35 bits per heavy atom. The van der Waals surface area contributed by atoms with Crippen LogP contribution in [0, 0.1) is 5.92 Å². The molecule has 2 atom stereocenters. The molecule has 0 aromatic rings. The van der Waals surface area contributed by atoms with Crippen molar-refractivity contribution in [2.24, 2.45) is 11.7 Å². The van der Waals surface area contributed by atoms with Gasteiger partial charge >= 0.3 is 0 Å². The second-order valence-corrected chi connectivity index (χ2v) is 5.92. The van der Waals surface area contributed by atoms with Crippen molar-refractivity contribution in [2.75, 3.05) is 6.54 Å². The molecule has 100 valence electrons. The van der Waals surface area contributed by atoms with Crippen LogP contribution in [0.25, 0.3) is 0 Å². The summed E-state index contributed by atoms with van der Waals surface area (Å²) in [5.41, 5.74) is 5.92. The van der Waals surface area contributed by atoms with Crippen molar-refractivity contribution in [2.45, 2.75) is 82.8 Å². The van der Waals surface area contributed by atoms with Crippen molar-refractivity contribution in [1.82, 2.24) is 0 Å². The summed E-state index contributed by atoms with van der Waals surface area (Å²) >= 11 is 0. The van der Waals surface area contributed by atoms with E-state index in [2.05, 4.69) is 0 Å². The van der Waals surface area contributed by atoms with Gasteiger partial charge in [0.15, 0.2) is 0 Å². The molecule has 0 saturated heterocycles. The Labute approximate surface area is 106 Å². The fourth-order valence-corrected chi connectivity index (χ4v) is 3.42. The highest BCUT2D eigenvalue weighted by Gasteiger charge is 2.26. The van der Waals surface area contributed by atoms with Gasteiger partial charge in [0, 0.05) is 0 Å². The van der Waals surface area contributed by atoms with Gasteiger partial charge in [0.05, 0.1) is 12.2 Å². The number of rotatable bonds is 3. The lowest BCUT2D eigenvalue weighted by molar-refractivity contribution is -0.0498. The zero-order valence-corrected chi connectivity index (χ0v) is 11.2.